The predicted molar refractivity (Wildman–Crippen MR) is 96.5 cm³/mol. The van der Waals surface area contributed by atoms with Crippen LogP contribution in [0, 0.1) is 11.3 Å². The Morgan fingerprint density at radius 2 is 2.14 bits per heavy atom. The van der Waals surface area contributed by atoms with Crippen LogP contribution in [0.4, 0.5) is 0 Å². The topological polar surface area (TPSA) is 60.3 Å². The summed E-state index contributed by atoms with van der Waals surface area (Å²) in [6, 6.07) is 0. The van der Waals surface area contributed by atoms with Crippen molar-refractivity contribution in [3.63, 3.8) is 0 Å². The number of allylic oxidation sites excluding steroid dienone is 5. The van der Waals surface area contributed by atoms with Gasteiger partial charge in [-0.1, -0.05) is 25.5 Å². The summed E-state index contributed by atoms with van der Waals surface area (Å²) in [5.74, 6) is 0.627. The van der Waals surface area contributed by atoms with Gasteiger partial charge >= 0.3 is 0 Å². The monoisotopic (exact) mass is 302 g/mol. The van der Waals surface area contributed by atoms with E-state index in [-0.39, 0.29) is 0 Å². The number of rotatable bonds is 11. The van der Waals surface area contributed by atoms with E-state index in [1.807, 2.05) is 25.5 Å². The van der Waals surface area contributed by atoms with Gasteiger partial charge in [0.2, 0.25) is 0 Å². The number of aliphatic imine (C=N–C) groups is 1. The molecular formula is C18H30N4. The van der Waals surface area contributed by atoms with Gasteiger partial charge in [-0.3, -0.25) is 4.99 Å². The van der Waals surface area contributed by atoms with Gasteiger partial charge in [0, 0.05) is 37.4 Å². The molecule has 1 aliphatic rings. The third-order valence-corrected chi connectivity index (χ3v) is 3.55. The molecule has 0 unspecified atom stereocenters. The van der Waals surface area contributed by atoms with E-state index in [4.69, 9.17) is 5.41 Å². The summed E-state index contributed by atoms with van der Waals surface area (Å²) in [5.41, 5.74) is 2.96. The van der Waals surface area contributed by atoms with E-state index >= 15 is 0 Å². The third-order valence-electron chi connectivity index (χ3n) is 3.55. The second kappa shape index (κ2) is 10.8. The zero-order valence-corrected chi connectivity index (χ0v) is 14.2. The van der Waals surface area contributed by atoms with E-state index in [2.05, 4.69) is 34.7 Å². The molecule has 0 radical (unpaired) electrons. The van der Waals surface area contributed by atoms with Gasteiger partial charge in [0.05, 0.1) is 0 Å². The lowest BCUT2D eigenvalue weighted by atomic mass is 10.1. The highest BCUT2D eigenvalue weighted by Gasteiger charge is 2.25. The number of hydrogen-bond acceptors (Lipinski definition) is 4. The fourth-order valence-corrected chi connectivity index (χ4v) is 2.08. The molecule has 3 N–H and O–H groups in total. The maximum atomic E-state index is 8.01. The van der Waals surface area contributed by atoms with Crippen LogP contribution < -0.4 is 10.6 Å². The second-order valence-corrected chi connectivity index (χ2v) is 5.58. The van der Waals surface area contributed by atoms with Crippen LogP contribution >= 0.6 is 0 Å². The zero-order valence-electron chi connectivity index (χ0n) is 14.2. The smallest absolute Gasteiger partial charge is 0.0481 e. The average Bonchev–Trinajstić information content (AvgIpc) is 3.35. The zero-order chi connectivity index (χ0) is 16.2. The number of hydrogen-bond donors (Lipinski definition) is 3. The van der Waals surface area contributed by atoms with Crippen molar-refractivity contribution in [1.82, 2.24) is 10.6 Å². The predicted octanol–water partition coefficient (Wildman–Crippen LogP) is 3.79. The Kier molecular flexibility index (Phi) is 8.96. The minimum atomic E-state index is 0.627. The van der Waals surface area contributed by atoms with Gasteiger partial charge in [-0.05, 0) is 50.3 Å². The van der Waals surface area contributed by atoms with Crippen LogP contribution in [0.25, 0.3) is 0 Å². The SMILES string of the molecule is CCCCC(=N)/C=C(\N/C=C/C/C=C(\C=N/C)NC)C1CC1. The molecule has 0 amide bonds. The summed E-state index contributed by atoms with van der Waals surface area (Å²) in [4.78, 5) is 3.99. The lowest BCUT2D eigenvalue weighted by molar-refractivity contribution is 0.829. The van der Waals surface area contributed by atoms with Crippen LogP contribution in [-0.4, -0.2) is 26.0 Å². The molecule has 4 nitrogen and oxygen atoms in total. The van der Waals surface area contributed by atoms with E-state index in [9.17, 15) is 0 Å². The van der Waals surface area contributed by atoms with Gasteiger partial charge in [-0.15, -0.1) is 0 Å². The maximum absolute atomic E-state index is 8.01. The van der Waals surface area contributed by atoms with Crippen molar-refractivity contribution in [3.05, 3.63) is 35.8 Å². The summed E-state index contributed by atoms with van der Waals surface area (Å²) in [7, 11) is 3.66. The molecule has 0 aromatic rings. The first-order chi connectivity index (χ1) is 10.7. The van der Waals surface area contributed by atoms with Crippen LogP contribution in [-0.2, 0) is 0 Å². The highest BCUT2D eigenvalue weighted by molar-refractivity contribution is 5.92. The van der Waals surface area contributed by atoms with Crippen molar-refractivity contribution in [2.45, 2.75) is 45.4 Å². The quantitative estimate of drug-likeness (QED) is 0.509. The Labute approximate surface area is 135 Å². The lowest BCUT2D eigenvalue weighted by Gasteiger charge is -2.06. The lowest BCUT2D eigenvalue weighted by Crippen LogP contribution is -2.09. The summed E-state index contributed by atoms with van der Waals surface area (Å²) < 4.78 is 0. The molecule has 0 aromatic heterocycles. The first-order valence-electron chi connectivity index (χ1n) is 8.21. The Morgan fingerprint density at radius 3 is 2.73 bits per heavy atom. The van der Waals surface area contributed by atoms with Crippen molar-refractivity contribution < 1.29 is 0 Å². The fourth-order valence-electron chi connectivity index (χ4n) is 2.08. The Morgan fingerprint density at radius 1 is 1.36 bits per heavy atom. The van der Waals surface area contributed by atoms with Gasteiger partial charge in [-0.2, -0.15) is 0 Å². The van der Waals surface area contributed by atoms with E-state index < -0.39 is 0 Å². The fraction of sp³-hybridized carbons (Fsp3) is 0.556. The standard InChI is InChI=1S/C18H30N4/c1-4-5-8-16(19)13-18(15-10-11-15)22-12-7-6-9-17(21-3)14-20-2/h7,9,12-15,19,21-22H,4-6,8,10-11H2,1-3H3/b12-7+,17-9+,18-13-,19-16?,20-14-. The molecule has 0 aliphatic heterocycles. The second-order valence-electron chi connectivity index (χ2n) is 5.58. The normalized spacial score (nSPS) is 16.5. The van der Waals surface area contributed by atoms with Gasteiger partial charge in [0.1, 0.15) is 0 Å². The highest BCUT2D eigenvalue weighted by atomic mass is 14.9. The van der Waals surface area contributed by atoms with Gasteiger partial charge < -0.3 is 16.0 Å². The molecular weight excluding hydrogens is 272 g/mol. The first kappa shape index (κ1) is 18.2. The molecule has 0 saturated heterocycles. The van der Waals surface area contributed by atoms with Crippen LogP contribution in [0.2, 0.25) is 0 Å². The Bertz CT molecular complexity index is 454. The molecule has 0 aromatic carbocycles. The van der Waals surface area contributed by atoms with Gasteiger partial charge in [0.25, 0.3) is 0 Å². The molecule has 1 rings (SSSR count). The Balaban J connectivity index is 2.46. The molecule has 0 spiro atoms. The first-order valence-corrected chi connectivity index (χ1v) is 8.21. The molecule has 0 bridgehead atoms. The average molecular weight is 302 g/mol. The summed E-state index contributed by atoms with van der Waals surface area (Å²) in [6.45, 7) is 2.16. The van der Waals surface area contributed by atoms with E-state index in [1.165, 1.54) is 18.5 Å². The third kappa shape index (κ3) is 7.81. The molecule has 1 aliphatic carbocycles. The highest BCUT2D eigenvalue weighted by Crippen LogP contribution is 2.35. The molecule has 0 atom stereocenters. The molecule has 4 heteroatoms. The number of nitrogens with one attached hydrogen (secondary N) is 3. The van der Waals surface area contributed by atoms with Crippen LogP contribution in [0.3, 0.4) is 0 Å². The van der Waals surface area contributed by atoms with E-state index in [0.717, 1.165) is 37.1 Å². The minimum Gasteiger partial charge on any atom is -0.387 e. The summed E-state index contributed by atoms with van der Waals surface area (Å²) >= 11 is 0. The van der Waals surface area contributed by atoms with Gasteiger partial charge in [0.15, 0.2) is 0 Å². The van der Waals surface area contributed by atoms with E-state index in [1.54, 1.807) is 7.05 Å². The minimum absolute atomic E-state index is 0.627. The van der Waals surface area contributed by atoms with Crippen molar-refractivity contribution in [3.8, 4) is 0 Å². The van der Waals surface area contributed by atoms with Crippen molar-refractivity contribution >= 4 is 11.9 Å². The Hall–Kier alpha value is -1.84. The molecule has 122 valence electrons. The van der Waals surface area contributed by atoms with Crippen molar-refractivity contribution in [2.75, 3.05) is 14.1 Å². The van der Waals surface area contributed by atoms with Crippen LogP contribution in [0.1, 0.15) is 45.4 Å². The van der Waals surface area contributed by atoms with Gasteiger partial charge in [-0.25, -0.2) is 0 Å². The molecule has 1 saturated carbocycles. The molecule has 1 fully saturated rings. The largest absolute Gasteiger partial charge is 0.387 e. The van der Waals surface area contributed by atoms with Crippen LogP contribution in [0.15, 0.2) is 40.8 Å². The molecule has 0 heterocycles. The van der Waals surface area contributed by atoms with Crippen LogP contribution in [0.5, 0.6) is 0 Å². The number of nitrogens with zero attached hydrogens (tertiary/aromatic N) is 1. The van der Waals surface area contributed by atoms with Crippen molar-refractivity contribution in [2.24, 2.45) is 10.9 Å². The van der Waals surface area contributed by atoms with E-state index in [0.29, 0.717) is 5.92 Å². The molecule has 22 heavy (non-hydrogen) atoms. The van der Waals surface area contributed by atoms with Crippen molar-refractivity contribution in [1.29, 1.82) is 5.41 Å². The summed E-state index contributed by atoms with van der Waals surface area (Å²) in [6.07, 6.45) is 16.5. The maximum Gasteiger partial charge on any atom is 0.0481 e. The summed E-state index contributed by atoms with van der Waals surface area (Å²) in [5, 5.41) is 14.5. The number of unbranched alkanes of at least 4 members (excludes halogenated alkanes) is 1.